The SMILES string of the molecule is CC(=O)NC1C(OCCOCCNC(=O)CCC(NC(=O)CCC(NC(=O)C2CCC(OP(OCCC#N)N(C(C)C)C(C)C)CC2)C(=O)NCCOCCOC2OC(COC(C)=O)C(OC(C)=O)C(OC(C)=O)C2NC(C)=O)C(=O)NCCOCCOC2OC(COC(C)O)C(OC(C)=O)C(OC(C)=O)C2NC(C)=O)OC(COC(C)=O)C(OC(C)=O)C1OC(C)=O. The van der Waals surface area contributed by atoms with Crippen LogP contribution in [0.3, 0.4) is 0 Å². The first kappa shape index (κ1) is 111. The Morgan fingerprint density at radius 2 is 0.781 bits per heavy atom. The zero-order chi connectivity index (χ0) is 95.3. The molecule has 726 valence electrons. The van der Waals surface area contributed by atoms with Gasteiger partial charge in [0.15, 0.2) is 61.8 Å². The highest BCUT2D eigenvalue weighted by Gasteiger charge is 2.55. The summed E-state index contributed by atoms with van der Waals surface area (Å²) in [5.74, 6) is -12.3. The van der Waals surface area contributed by atoms with Crippen LogP contribution in [0.15, 0.2) is 0 Å². The van der Waals surface area contributed by atoms with Crippen molar-refractivity contribution in [2.75, 3.05) is 106 Å². The maximum atomic E-state index is 14.4. The average molecular weight is 1850 g/mol. The van der Waals surface area contributed by atoms with E-state index in [1.807, 2.05) is 27.7 Å². The molecular weight excluding hydrogens is 1720 g/mol. The van der Waals surface area contributed by atoms with Crippen LogP contribution in [-0.2, 0) is 171 Å². The summed E-state index contributed by atoms with van der Waals surface area (Å²) in [5.41, 5.74) is 0. The van der Waals surface area contributed by atoms with Gasteiger partial charge in [0, 0.05) is 127 Å². The Labute approximate surface area is 743 Å². The van der Waals surface area contributed by atoms with Gasteiger partial charge in [0.25, 0.3) is 8.53 Å². The number of aliphatic hydroxyl groups is 1. The fraction of sp³-hybridized carbons (Fsp3) is 0.787. The van der Waals surface area contributed by atoms with Gasteiger partial charge in [-0.15, -0.1) is 0 Å². The third kappa shape index (κ3) is 42.2. The minimum Gasteiger partial charge on any atom is -0.463 e. The van der Waals surface area contributed by atoms with Crippen LogP contribution in [0.4, 0.5) is 0 Å². The second-order valence-electron chi connectivity index (χ2n) is 30.6. The molecule has 0 aromatic heterocycles. The molecule has 0 aromatic rings. The summed E-state index contributed by atoms with van der Waals surface area (Å²) in [4.78, 5) is 206. The fourth-order valence-electron chi connectivity index (χ4n) is 13.9. The second kappa shape index (κ2) is 59.2. The Morgan fingerprint density at radius 1 is 0.430 bits per heavy atom. The van der Waals surface area contributed by atoms with Gasteiger partial charge in [-0.2, -0.15) is 5.26 Å². The molecule has 19 atom stereocenters. The maximum absolute atomic E-state index is 14.4. The predicted molar refractivity (Wildman–Crippen MR) is 437 cm³/mol. The highest BCUT2D eigenvalue weighted by Crippen LogP contribution is 2.49. The number of nitriles is 1. The van der Waals surface area contributed by atoms with Crippen LogP contribution < -0.4 is 42.5 Å². The van der Waals surface area contributed by atoms with Crippen molar-refractivity contribution in [3.63, 3.8) is 0 Å². The third-order valence-electron chi connectivity index (χ3n) is 19.0. The molecule has 47 nitrogen and oxygen atoms in total. The number of carbonyl (C=O) groups excluding carboxylic acids is 16. The Morgan fingerprint density at radius 3 is 1.12 bits per heavy atom. The number of nitrogens with zero attached hydrogens (tertiary/aromatic N) is 2. The van der Waals surface area contributed by atoms with Gasteiger partial charge in [-0.25, -0.2) is 4.67 Å². The molecule has 4 fully saturated rings. The summed E-state index contributed by atoms with van der Waals surface area (Å²) in [7, 11) is -1.61. The summed E-state index contributed by atoms with van der Waals surface area (Å²) in [5, 5.41) is 40.5. The Bertz CT molecular complexity index is 3620. The molecular formula is C80H129N10O37P. The van der Waals surface area contributed by atoms with Crippen LogP contribution in [0.5, 0.6) is 0 Å². The number of amides is 8. The van der Waals surface area contributed by atoms with Crippen LogP contribution in [0.1, 0.15) is 169 Å². The first-order valence-corrected chi connectivity index (χ1v) is 43.3. The smallest absolute Gasteiger partial charge is 0.303 e. The number of rotatable bonds is 56. The van der Waals surface area contributed by atoms with Crippen molar-refractivity contribution < 1.29 is 176 Å². The molecule has 3 saturated heterocycles. The van der Waals surface area contributed by atoms with Gasteiger partial charge >= 0.3 is 47.8 Å². The number of hydrogen-bond donors (Lipinski definition) is 9. The van der Waals surface area contributed by atoms with Crippen LogP contribution in [-0.4, -0.2) is 339 Å². The van der Waals surface area contributed by atoms with Crippen molar-refractivity contribution in [3.8, 4) is 6.07 Å². The molecule has 4 rings (SSSR count). The summed E-state index contributed by atoms with van der Waals surface area (Å²) in [6.45, 7) is 18.1. The van der Waals surface area contributed by atoms with E-state index >= 15 is 0 Å². The summed E-state index contributed by atoms with van der Waals surface area (Å²) in [6.07, 6.45) is -17.8. The fourth-order valence-corrected chi connectivity index (χ4v) is 15.7. The first-order chi connectivity index (χ1) is 60.6. The quantitative estimate of drug-likeness (QED) is 0.0111. The number of esters is 8. The highest BCUT2D eigenvalue weighted by atomic mass is 31.2. The molecule has 1 aliphatic carbocycles. The second-order valence-corrected chi connectivity index (χ2v) is 32.0. The standard InChI is InChI=1S/C80H129N10O37P/c1-43(2)90(44(3)4)128(117-30-17-26-81)127-58-20-18-57(19-21-58)75(105)89-60(77(107)84-29-33-110-36-39-113-80-68(87-47(7)93)74(123-56(16)102)71(120-53(13)99)63(126-80)42-116-50(10)96)23-25-65(104)88-59(76(106)83-28-32-109-35-38-112-79-67(86-46(6)92)73(122-55(15)101)70(119-52(12)98)62(125-79)41-115-49(9)95)22-24-64(103)82-27-31-108-34-37-111-78-66(85-45(5)91)72(121-54(14)100)69(118-51(11)97)61(124-78)40-114-48(8)94/h43-44,49,57-63,66-74,78-80,95H,17-25,27-42H2,1-16H3,(H,82,103)(H,83,106)(H,84,107)(H,85,91)(H,86,92)(H,87,93)(H,88,104)(H,89,105). The molecule has 0 radical (unpaired) electrons. The monoisotopic (exact) mass is 1850 g/mol. The Balaban J connectivity index is 1.55. The molecule has 4 aliphatic rings. The topological polar surface area (TPSA) is 601 Å². The molecule has 0 aromatic carbocycles. The molecule has 0 bridgehead atoms. The van der Waals surface area contributed by atoms with Gasteiger partial charge in [-0.3, -0.25) is 76.7 Å². The van der Waals surface area contributed by atoms with Gasteiger partial charge in [-0.05, 0) is 73.1 Å². The van der Waals surface area contributed by atoms with Crippen molar-refractivity contribution in [2.45, 2.75) is 297 Å². The van der Waals surface area contributed by atoms with Crippen molar-refractivity contribution in [3.05, 3.63) is 0 Å². The Hall–Kier alpha value is -9.12. The lowest BCUT2D eigenvalue weighted by atomic mass is 9.86. The molecule has 3 heterocycles. The first-order valence-electron chi connectivity index (χ1n) is 42.2. The number of carbonyl (C=O) groups is 16. The van der Waals surface area contributed by atoms with E-state index < -0.39 is 246 Å². The van der Waals surface area contributed by atoms with Crippen molar-refractivity contribution in [1.29, 1.82) is 5.26 Å². The summed E-state index contributed by atoms with van der Waals surface area (Å²) in [6, 6.07) is -4.53. The van der Waals surface area contributed by atoms with E-state index in [-0.39, 0.29) is 130 Å². The van der Waals surface area contributed by atoms with E-state index in [2.05, 4.69) is 53.3 Å². The lowest BCUT2D eigenvalue weighted by Gasteiger charge is -2.45. The number of nitrogens with one attached hydrogen (secondary N) is 8. The van der Waals surface area contributed by atoms with Gasteiger partial charge < -0.3 is 142 Å². The molecule has 8 amide bonds. The Kier molecular flexibility index (Phi) is 51.5. The van der Waals surface area contributed by atoms with E-state index in [0.29, 0.717) is 25.7 Å². The van der Waals surface area contributed by atoms with E-state index in [1.165, 1.54) is 27.7 Å². The van der Waals surface area contributed by atoms with E-state index in [1.54, 1.807) is 0 Å². The molecule has 3 aliphatic heterocycles. The third-order valence-corrected chi connectivity index (χ3v) is 21.2. The lowest BCUT2D eigenvalue weighted by molar-refractivity contribution is -0.285. The zero-order valence-corrected chi connectivity index (χ0v) is 76.3. The van der Waals surface area contributed by atoms with Crippen LogP contribution >= 0.6 is 8.53 Å². The molecule has 48 heteroatoms. The van der Waals surface area contributed by atoms with E-state index in [0.717, 1.165) is 55.4 Å². The largest absolute Gasteiger partial charge is 0.463 e. The predicted octanol–water partition coefficient (Wildman–Crippen LogP) is -1.42. The minimum absolute atomic E-state index is 0.0179. The number of hydrogen-bond acceptors (Lipinski definition) is 39. The minimum atomic E-state index is -1.61. The van der Waals surface area contributed by atoms with E-state index in [4.69, 9.17) is 94.3 Å². The van der Waals surface area contributed by atoms with Gasteiger partial charge in [0.05, 0.1) is 91.3 Å². The summed E-state index contributed by atoms with van der Waals surface area (Å²) < 4.78 is 117. The number of ether oxygens (including phenoxy) is 18. The zero-order valence-electron chi connectivity index (χ0n) is 75.4. The van der Waals surface area contributed by atoms with Crippen LogP contribution in [0.25, 0.3) is 0 Å². The molecule has 128 heavy (non-hydrogen) atoms. The number of aliphatic hydroxyl groups excluding tert-OH is 1. The van der Waals surface area contributed by atoms with E-state index in [9.17, 15) is 87.1 Å². The highest BCUT2D eigenvalue weighted by molar-refractivity contribution is 7.44. The molecule has 19 unspecified atom stereocenters. The normalized spacial score (nSPS) is 24.7. The lowest BCUT2D eigenvalue weighted by Crippen LogP contribution is -2.66. The molecule has 9 N–H and O–H groups in total. The van der Waals surface area contributed by atoms with Gasteiger partial charge in [0.2, 0.25) is 47.3 Å². The van der Waals surface area contributed by atoms with Crippen LogP contribution in [0, 0.1) is 17.2 Å². The van der Waals surface area contributed by atoms with Gasteiger partial charge in [0.1, 0.15) is 61.7 Å². The van der Waals surface area contributed by atoms with Crippen molar-refractivity contribution in [1.82, 2.24) is 47.2 Å². The molecule has 1 saturated carbocycles. The van der Waals surface area contributed by atoms with Crippen LogP contribution in [0.2, 0.25) is 0 Å². The van der Waals surface area contributed by atoms with Crippen molar-refractivity contribution >= 4 is 104 Å². The summed E-state index contributed by atoms with van der Waals surface area (Å²) >= 11 is 0. The molecule has 0 spiro atoms. The van der Waals surface area contributed by atoms with Crippen molar-refractivity contribution in [2.24, 2.45) is 5.92 Å². The maximum Gasteiger partial charge on any atom is 0.303 e. The average Bonchev–Trinajstić information content (AvgIpc) is 0.794. The van der Waals surface area contributed by atoms with Gasteiger partial charge in [-0.1, -0.05) is 0 Å².